The summed E-state index contributed by atoms with van der Waals surface area (Å²) in [7, 11) is 0. The summed E-state index contributed by atoms with van der Waals surface area (Å²) in [5, 5.41) is 11.4. The first-order chi connectivity index (χ1) is 17.3. The van der Waals surface area contributed by atoms with Crippen molar-refractivity contribution in [3.05, 3.63) is 64.7 Å². The van der Waals surface area contributed by atoms with Crippen LogP contribution in [0.5, 0.6) is 5.75 Å². The van der Waals surface area contributed by atoms with E-state index in [1.165, 1.54) is 24.5 Å². The van der Waals surface area contributed by atoms with Crippen molar-refractivity contribution in [1.29, 1.82) is 0 Å². The maximum Gasteiger partial charge on any atom is 0.302 e. The first-order valence-electron chi connectivity index (χ1n) is 13.5. The Bertz CT molecular complexity index is 1260. The Morgan fingerprint density at radius 3 is 2.53 bits per heavy atom. The fourth-order valence-corrected chi connectivity index (χ4v) is 8.63. The molecule has 188 valence electrons. The van der Waals surface area contributed by atoms with Gasteiger partial charge in [-0.15, -0.1) is 0 Å². The van der Waals surface area contributed by atoms with Gasteiger partial charge in [-0.1, -0.05) is 55.8 Å². The van der Waals surface area contributed by atoms with E-state index in [-0.39, 0.29) is 28.7 Å². The van der Waals surface area contributed by atoms with Crippen LogP contribution in [0.15, 0.2) is 48.0 Å². The van der Waals surface area contributed by atoms with Gasteiger partial charge in [-0.3, -0.25) is 9.59 Å². The molecular formula is C32H36O4. The molecule has 4 heteroatoms. The van der Waals surface area contributed by atoms with Gasteiger partial charge in [-0.2, -0.15) is 0 Å². The number of ether oxygens (including phenoxy) is 1. The standard InChI is InChI=1S/C32H36O4/c1-19(34)36-22-11-13-31(2)21(15-22)9-10-23-27(31)12-14-32(3)28(23)17-25-29(32)16-24(26(18-33)30(25)35)20-7-5-4-6-8-20/h4-9,16,18,22-23,27-28,35H,10-15,17H2,1-3H3/t22-,23?,27?,28?,31-,32-/m0/s1. The Kier molecular flexibility index (Phi) is 5.44. The van der Waals surface area contributed by atoms with Crippen LogP contribution in [0.1, 0.15) is 80.8 Å². The number of carbonyl (C=O) groups is 2. The molecule has 2 aromatic carbocycles. The lowest BCUT2D eigenvalue weighted by Gasteiger charge is -2.57. The number of hydrogen-bond donors (Lipinski definition) is 1. The fourth-order valence-electron chi connectivity index (χ4n) is 8.63. The van der Waals surface area contributed by atoms with Crippen molar-refractivity contribution < 1.29 is 19.4 Å². The third-order valence-electron chi connectivity index (χ3n) is 10.5. The molecule has 2 fully saturated rings. The molecule has 0 heterocycles. The monoisotopic (exact) mass is 484 g/mol. The summed E-state index contributed by atoms with van der Waals surface area (Å²) in [6.45, 7) is 6.35. The van der Waals surface area contributed by atoms with Gasteiger partial charge in [0.25, 0.3) is 0 Å². The molecule has 3 unspecified atom stereocenters. The van der Waals surface area contributed by atoms with E-state index in [4.69, 9.17) is 4.74 Å². The number of benzene rings is 2. The number of carbonyl (C=O) groups excluding carboxylic acids is 2. The summed E-state index contributed by atoms with van der Waals surface area (Å²) in [5.74, 6) is 1.61. The number of aldehydes is 1. The van der Waals surface area contributed by atoms with Crippen LogP contribution in [-0.2, 0) is 21.4 Å². The zero-order valence-corrected chi connectivity index (χ0v) is 21.5. The molecule has 4 aliphatic carbocycles. The Morgan fingerprint density at radius 2 is 1.81 bits per heavy atom. The minimum atomic E-state index is -0.181. The average Bonchev–Trinajstić information content (AvgIpc) is 3.17. The molecule has 0 aromatic heterocycles. The first-order valence-corrected chi connectivity index (χ1v) is 13.5. The normalized spacial score (nSPS) is 34.5. The predicted octanol–water partition coefficient (Wildman–Crippen LogP) is 6.78. The van der Waals surface area contributed by atoms with Crippen molar-refractivity contribution in [1.82, 2.24) is 0 Å². The van der Waals surface area contributed by atoms with Gasteiger partial charge < -0.3 is 9.84 Å². The second-order valence-electron chi connectivity index (χ2n) is 12.1. The first kappa shape index (κ1) is 23.5. The lowest BCUT2D eigenvalue weighted by molar-refractivity contribution is -0.148. The molecule has 2 saturated carbocycles. The third kappa shape index (κ3) is 3.33. The van der Waals surface area contributed by atoms with Crippen molar-refractivity contribution in [3.8, 4) is 16.9 Å². The maximum absolute atomic E-state index is 12.1. The van der Waals surface area contributed by atoms with Crippen LogP contribution in [0.3, 0.4) is 0 Å². The molecule has 4 aliphatic rings. The minimum Gasteiger partial charge on any atom is -0.507 e. The van der Waals surface area contributed by atoms with Crippen molar-refractivity contribution in [2.75, 3.05) is 0 Å². The van der Waals surface area contributed by atoms with Crippen LogP contribution in [0.25, 0.3) is 11.1 Å². The SMILES string of the molecule is CC(=O)O[C@H]1CC[C@@]2(C)C(=CCC3C2CC[C@]2(C)c4cc(-c5ccccc5)c(C=O)c(O)c4CC32)C1. The zero-order chi connectivity index (χ0) is 25.2. The summed E-state index contributed by atoms with van der Waals surface area (Å²) in [6.07, 6.45) is 10.3. The molecule has 1 N–H and O–H groups in total. The molecule has 6 rings (SSSR count). The van der Waals surface area contributed by atoms with Gasteiger partial charge in [0.2, 0.25) is 0 Å². The summed E-state index contributed by atoms with van der Waals surface area (Å²) in [5.41, 5.74) is 6.09. The summed E-state index contributed by atoms with van der Waals surface area (Å²) < 4.78 is 5.60. The molecule has 0 saturated heterocycles. The van der Waals surface area contributed by atoms with Crippen LogP contribution >= 0.6 is 0 Å². The Morgan fingerprint density at radius 1 is 1.06 bits per heavy atom. The van der Waals surface area contributed by atoms with E-state index >= 15 is 0 Å². The predicted molar refractivity (Wildman–Crippen MR) is 140 cm³/mol. The molecule has 0 amide bonds. The van der Waals surface area contributed by atoms with E-state index in [1.807, 2.05) is 30.3 Å². The highest BCUT2D eigenvalue weighted by Crippen LogP contribution is 2.65. The second-order valence-corrected chi connectivity index (χ2v) is 12.1. The van der Waals surface area contributed by atoms with E-state index in [9.17, 15) is 14.7 Å². The maximum atomic E-state index is 12.1. The van der Waals surface area contributed by atoms with Crippen molar-refractivity contribution in [3.63, 3.8) is 0 Å². The van der Waals surface area contributed by atoms with Crippen molar-refractivity contribution in [2.24, 2.45) is 23.2 Å². The molecular weight excluding hydrogens is 448 g/mol. The Labute approximate surface area is 213 Å². The Balaban J connectivity index is 1.37. The van der Waals surface area contributed by atoms with Crippen LogP contribution in [0, 0.1) is 23.2 Å². The largest absolute Gasteiger partial charge is 0.507 e. The highest BCUT2D eigenvalue weighted by Gasteiger charge is 2.58. The molecule has 2 aromatic rings. The Hall–Kier alpha value is -2.88. The van der Waals surface area contributed by atoms with Gasteiger partial charge in [-0.05, 0) is 95.4 Å². The number of phenolic OH excluding ortho intramolecular Hbond substituents is 1. The number of esters is 1. The molecule has 0 spiro atoms. The molecule has 0 bridgehead atoms. The van der Waals surface area contributed by atoms with Crippen LogP contribution in [0.2, 0.25) is 0 Å². The van der Waals surface area contributed by atoms with Gasteiger partial charge in [-0.25, -0.2) is 0 Å². The highest BCUT2D eigenvalue weighted by molar-refractivity contribution is 5.92. The number of hydrogen-bond acceptors (Lipinski definition) is 4. The van der Waals surface area contributed by atoms with Crippen LogP contribution < -0.4 is 0 Å². The number of allylic oxidation sites excluding steroid dienone is 1. The van der Waals surface area contributed by atoms with Crippen molar-refractivity contribution >= 4 is 12.3 Å². The van der Waals surface area contributed by atoms with Gasteiger partial charge in [0.05, 0.1) is 5.56 Å². The number of fused-ring (bicyclic) bond motifs is 7. The van der Waals surface area contributed by atoms with Crippen LogP contribution in [-0.4, -0.2) is 23.5 Å². The summed E-state index contributed by atoms with van der Waals surface area (Å²) >= 11 is 0. The van der Waals surface area contributed by atoms with E-state index in [2.05, 4.69) is 26.0 Å². The topological polar surface area (TPSA) is 63.6 Å². The minimum absolute atomic E-state index is 0.00439. The zero-order valence-electron chi connectivity index (χ0n) is 21.5. The lowest BCUT2D eigenvalue weighted by atomic mass is 9.47. The fraction of sp³-hybridized carbons (Fsp3) is 0.500. The van der Waals surface area contributed by atoms with E-state index in [1.54, 1.807) is 0 Å². The number of rotatable bonds is 3. The second kappa shape index (κ2) is 8.33. The molecule has 6 atom stereocenters. The number of aromatic hydroxyl groups is 1. The van der Waals surface area contributed by atoms with E-state index < -0.39 is 0 Å². The molecule has 0 radical (unpaired) electrons. The smallest absolute Gasteiger partial charge is 0.302 e. The van der Waals surface area contributed by atoms with Gasteiger partial charge in [0.1, 0.15) is 11.9 Å². The van der Waals surface area contributed by atoms with E-state index in [0.717, 1.165) is 61.5 Å². The van der Waals surface area contributed by atoms with Gasteiger partial charge in [0, 0.05) is 13.3 Å². The summed E-state index contributed by atoms with van der Waals surface area (Å²) in [4.78, 5) is 23.7. The lowest BCUT2D eigenvalue weighted by Crippen LogP contribution is -2.51. The summed E-state index contributed by atoms with van der Waals surface area (Å²) in [6, 6.07) is 12.2. The molecule has 36 heavy (non-hydrogen) atoms. The quantitative estimate of drug-likeness (QED) is 0.296. The van der Waals surface area contributed by atoms with Crippen molar-refractivity contribution in [2.45, 2.75) is 77.2 Å². The van der Waals surface area contributed by atoms with E-state index in [0.29, 0.717) is 23.3 Å². The molecule has 4 nitrogen and oxygen atoms in total. The average molecular weight is 485 g/mol. The highest BCUT2D eigenvalue weighted by atomic mass is 16.5. The van der Waals surface area contributed by atoms with Gasteiger partial charge in [0.15, 0.2) is 6.29 Å². The molecule has 0 aliphatic heterocycles. The third-order valence-corrected chi connectivity index (χ3v) is 10.5. The number of phenols is 1. The van der Waals surface area contributed by atoms with Gasteiger partial charge >= 0.3 is 5.97 Å². The van der Waals surface area contributed by atoms with Crippen LogP contribution in [0.4, 0.5) is 0 Å².